The summed E-state index contributed by atoms with van der Waals surface area (Å²) in [4.78, 5) is 24.1. The number of hydrogen-bond acceptors (Lipinski definition) is 5. The Kier molecular flexibility index (Phi) is 5.68. The zero-order valence-corrected chi connectivity index (χ0v) is 16.7. The summed E-state index contributed by atoms with van der Waals surface area (Å²) < 4.78 is 11.1. The molecule has 0 aliphatic carbocycles. The van der Waals surface area contributed by atoms with Gasteiger partial charge >= 0.3 is 5.97 Å². The monoisotopic (exact) mass is 394 g/mol. The van der Waals surface area contributed by atoms with Gasteiger partial charge in [-0.1, -0.05) is 12.1 Å². The number of hydrazone groups is 1. The number of ether oxygens (including phenoxy) is 2. The Bertz CT molecular complexity index is 1020. The van der Waals surface area contributed by atoms with Gasteiger partial charge < -0.3 is 14.6 Å². The molecule has 1 aliphatic rings. The van der Waals surface area contributed by atoms with E-state index in [2.05, 4.69) is 5.10 Å². The van der Waals surface area contributed by atoms with Gasteiger partial charge in [-0.15, -0.1) is 0 Å². The highest BCUT2D eigenvalue weighted by Gasteiger charge is 2.29. The van der Waals surface area contributed by atoms with Crippen LogP contribution in [0.15, 0.2) is 53.1 Å². The first-order chi connectivity index (χ1) is 13.8. The maximum Gasteiger partial charge on any atom is 0.335 e. The van der Waals surface area contributed by atoms with Gasteiger partial charge in [0.05, 0.1) is 35.7 Å². The Hall–Kier alpha value is -3.61. The number of carbonyl (C=O) groups is 2. The van der Waals surface area contributed by atoms with E-state index in [0.717, 1.165) is 5.56 Å². The normalized spacial score (nSPS) is 15.1. The van der Waals surface area contributed by atoms with Crippen LogP contribution in [0, 0.1) is 0 Å². The van der Waals surface area contributed by atoms with Crippen molar-refractivity contribution in [3.05, 3.63) is 59.2 Å². The molecule has 0 aromatic heterocycles. The number of carbonyl (C=O) groups excluding carboxylic acids is 1. The van der Waals surface area contributed by atoms with E-state index >= 15 is 0 Å². The number of carboxylic acid groups (broad SMARTS) is 1. The summed E-state index contributed by atoms with van der Waals surface area (Å²) in [6, 6.07) is 11.5. The van der Waals surface area contributed by atoms with E-state index in [1.165, 1.54) is 17.1 Å². The Morgan fingerprint density at radius 2 is 1.93 bits per heavy atom. The molecule has 1 heterocycles. The molecule has 1 aliphatic heterocycles. The van der Waals surface area contributed by atoms with Crippen LogP contribution < -0.4 is 14.5 Å². The summed E-state index contributed by atoms with van der Waals surface area (Å²) in [5.41, 5.74) is 2.21. The Balaban J connectivity index is 1.92. The van der Waals surface area contributed by atoms with E-state index in [1.807, 2.05) is 19.9 Å². The zero-order chi connectivity index (χ0) is 21.1. The fourth-order valence-corrected chi connectivity index (χ4v) is 2.92. The molecule has 0 saturated carbocycles. The van der Waals surface area contributed by atoms with Crippen molar-refractivity contribution < 1.29 is 24.2 Å². The minimum absolute atomic E-state index is 0.00835. The highest BCUT2D eigenvalue weighted by Crippen LogP contribution is 2.31. The van der Waals surface area contributed by atoms with Crippen LogP contribution >= 0.6 is 0 Å². The number of anilines is 1. The molecule has 1 N–H and O–H groups in total. The first kappa shape index (κ1) is 20.1. The minimum Gasteiger partial charge on any atom is -0.493 e. The molecule has 7 nitrogen and oxygen atoms in total. The number of rotatable bonds is 6. The van der Waals surface area contributed by atoms with Crippen LogP contribution in [0.4, 0.5) is 5.69 Å². The molecule has 0 unspecified atom stereocenters. The second-order valence-electron chi connectivity index (χ2n) is 6.79. The number of methoxy groups -OCH3 is 1. The van der Waals surface area contributed by atoms with Crippen molar-refractivity contribution in [2.24, 2.45) is 5.10 Å². The third kappa shape index (κ3) is 4.29. The Labute approximate surface area is 168 Å². The van der Waals surface area contributed by atoms with Crippen molar-refractivity contribution in [3.8, 4) is 11.5 Å². The molecule has 7 heteroatoms. The molecule has 0 bridgehead atoms. The fraction of sp³-hybridized carbons (Fsp3) is 0.227. The molecule has 0 saturated heterocycles. The number of carboxylic acids is 1. The number of hydrogen-bond donors (Lipinski definition) is 1. The topological polar surface area (TPSA) is 88.4 Å². The van der Waals surface area contributed by atoms with Gasteiger partial charge in [0, 0.05) is 0 Å². The lowest BCUT2D eigenvalue weighted by atomic mass is 10.1. The van der Waals surface area contributed by atoms with Crippen LogP contribution in [-0.2, 0) is 4.79 Å². The van der Waals surface area contributed by atoms with Gasteiger partial charge in [-0.05, 0) is 62.7 Å². The van der Waals surface area contributed by atoms with Crippen LogP contribution in [-0.4, -0.2) is 35.9 Å². The predicted molar refractivity (Wildman–Crippen MR) is 111 cm³/mol. The minimum atomic E-state index is -1.06. The third-order valence-electron chi connectivity index (χ3n) is 4.26. The molecule has 0 spiro atoms. The maximum atomic E-state index is 12.9. The van der Waals surface area contributed by atoms with Crippen LogP contribution in [0.1, 0.15) is 36.7 Å². The van der Waals surface area contributed by atoms with Gasteiger partial charge in [-0.2, -0.15) is 10.1 Å². The highest BCUT2D eigenvalue weighted by atomic mass is 16.5. The number of nitrogens with zero attached hydrogens (tertiary/aromatic N) is 2. The van der Waals surface area contributed by atoms with Crippen LogP contribution in [0.5, 0.6) is 11.5 Å². The van der Waals surface area contributed by atoms with Crippen molar-refractivity contribution >= 4 is 29.4 Å². The molecule has 1 amide bonds. The predicted octanol–water partition coefficient (Wildman–Crippen LogP) is 3.99. The number of amides is 1. The van der Waals surface area contributed by atoms with Crippen LogP contribution in [0.2, 0.25) is 0 Å². The van der Waals surface area contributed by atoms with Crippen molar-refractivity contribution in [1.29, 1.82) is 0 Å². The van der Waals surface area contributed by atoms with Crippen molar-refractivity contribution in [1.82, 2.24) is 0 Å². The largest absolute Gasteiger partial charge is 0.493 e. The summed E-state index contributed by atoms with van der Waals surface area (Å²) in [6.45, 7) is 5.60. The zero-order valence-electron chi connectivity index (χ0n) is 16.7. The van der Waals surface area contributed by atoms with Gasteiger partial charge in [0.1, 0.15) is 0 Å². The first-order valence-corrected chi connectivity index (χ1v) is 9.10. The van der Waals surface area contributed by atoms with E-state index < -0.39 is 5.97 Å². The molecule has 29 heavy (non-hydrogen) atoms. The number of benzene rings is 2. The van der Waals surface area contributed by atoms with Gasteiger partial charge in [0.15, 0.2) is 11.5 Å². The second kappa shape index (κ2) is 8.18. The highest BCUT2D eigenvalue weighted by molar-refractivity contribution is 6.32. The summed E-state index contributed by atoms with van der Waals surface area (Å²) >= 11 is 0. The average molecular weight is 394 g/mol. The lowest BCUT2D eigenvalue weighted by molar-refractivity contribution is -0.114. The van der Waals surface area contributed by atoms with Gasteiger partial charge in [-0.3, -0.25) is 4.79 Å². The molecule has 3 rings (SSSR count). The molecule has 0 atom stereocenters. The van der Waals surface area contributed by atoms with Gasteiger partial charge in [0.25, 0.3) is 5.91 Å². The van der Waals surface area contributed by atoms with Crippen molar-refractivity contribution in [3.63, 3.8) is 0 Å². The van der Waals surface area contributed by atoms with E-state index in [4.69, 9.17) is 9.47 Å². The lowest BCUT2D eigenvalue weighted by Gasteiger charge is -2.14. The molecule has 0 radical (unpaired) electrons. The molecule has 0 fully saturated rings. The number of aromatic carboxylic acids is 1. The van der Waals surface area contributed by atoms with Gasteiger partial charge in [0.2, 0.25) is 0 Å². The standard InChI is InChI=1S/C22H22N2O5/c1-13(2)29-19-9-8-15(11-20(19)28-4)10-18-14(3)23-24(21(18)25)17-7-5-6-16(12-17)22(26)27/h5-13H,1-4H3,(H,26,27)/b18-10-. The third-order valence-corrected chi connectivity index (χ3v) is 4.26. The molecular weight excluding hydrogens is 372 g/mol. The summed E-state index contributed by atoms with van der Waals surface area (Å²) in [5.74, 6) is -0.198. The molecule has 150 valence electrons. The van der Waals surface area contributed by atoms with Crippen LogP contribution in [0.25, 0.3) is 6.08 Å². The SMILES string of the molecule is COc1cc(/C=C2\C(=O)N(c3cccc(C(=O)O)c3)N=C2C)ccc1OC(C)C. The van der Waals surface area contributed by atoms with Crippen molar-refractivity contribution in [2.45, 2.75) is 26.9 Å². The maximum absolute atomic E-state index is 12.9. The smallest absolute Gasteiger partial charge is 0.335 e. The Morgan fingerprint density at radius 3 is 2.59 bits per heavy atom. The van der Waals surface area contributed by atoms with Gasteiger partial charge in [-0.25, -0.2) is 4.79 Å². The van der Waals surface area contributed by atoms with E-state index in [1.54, 1.807) is 44.4 Å². The van der Waals surface area contributed by atoms with E-state index in [0.29, 0.717) is 28.5 Å². The quantitative estimate of drug-likeness (QED) is 0.749. The summed E-state index contributed by atoms with van der Waals surface area (Å²) in [5, 5.41) is 14.7. The second-order valence-corrected chi connectivity index (χ2v) is 6.79. The molecule has 2 aromatic rings. The molecular formula is C22H22N2O5. The lowest BCUT2D eigenvalue weighted by Crippen LogP contribution is -2.21. The van der Waals surface area contributed by atoms with Crippen LogP contribution in [0.3, 0.4) is 0 Å². The summed E-state index contributed by atoms with van der Waals surface area (Å²) in [7, 11) is 1.56. The van der Waals surface area contributed by atoms with E-state index in [9.17, 15) is 14.7 Å². The summed E-state index contributed by atoms with van der Waals surface area (Å²) in [6.07, 6.45) is 1.73. The van der Waals surface area contributed by atoms with E-state index in [-0.39, 0.29) is 17.6 Å². The Morgan fingerprint density at radius 1 is 1.17 bits per heavy atom. The average Bonchev–Trinajstić information content (AvgIpc) is 2.97. The molecule has 2 aromatic carbocycles. The fourth-order valence-electron chi connectivity index (χ4n) is 2.92. The first-order valence-electron chi connectivity index (χ1n) is 9.10. The van der Waals surface area contributed by atoms with Crippen molar-refractivity contribution in [2.75, 3.05) is 12.1 Å².